The van der Waals surface area contributed by atoms with Crippen molar-refractivity contribution < 1.29 is 13.6 Å². The minimum atomic E-state index is -0.974. The fraction of sp³-hybridized carbons (Fsp3) is 0. The van der Waals surface area contributed by atoms with Crippen molar-refractivity contribution >= 4 is 51.5 Å². The molecule has 0 aromatic heterocycles. The van der Waals surface area contributed by atoms with Crippen LogP contribution in [-0.2, 0) is 0 Å². The largest absolute Gasteiger partial charge is 0.396 e. The highest BCUT2D eigenvalue weighted by atomic mass is 127. The molecule has 0 atom stereocenters. The molecule has 2 rings (SSSR count). The van der Waals surface area contributed by atoms with Crippen LogP contribution in [0.25, 0.3) is 0 Å². The van der Waals surface area contributed by atoms with Crippen LogP contribution in [0.15, 0.2) is 30.3 Å². The van der Waals surface area contributed by atoms with Crippen molar-refractivity contribution in [2.75, 3.05) is 11.1 Å². The summed E-state index contributed by atoms with van der Waals surface area (Å²) in [6, 6.07) is 6.37. The molecule has 3 N–H and O–H groups in total. The number of benzene rings is 2. The third-order valence-electron chi connectivity index (χ3n) is 2.51. The molecule has 1 amide bonds. The highest BCUT2D eigenvalue weighted by Gasteiger charge is 2.16. The van der Waals surface area contributed by atoms with Gasteiger partial charge in [0, 0.05) is 14.7 Å². The summed E-state index contributed by atoms with van der Waals surface area (Å²) in [5.41, 5.74) is 5.19. The third kappa shape index (κ3) is 3.18. The van der Waals surface area contributed by atoms with Crippen LogP contribution in [0.2, 0.25) is 5.02 Å². The number of hydrogen-bond donors (Lipinski definition) is 2. The van der Waals surface area contributed by atoms with E-state index in [-0.39, 0.29) is 11.3 Å². The second-order valence-electron chi connectivity index (χ2n) is 3.93. The molecule has 0 bridgehead atoms. The predicted molar refractivity (Wildman–Crippen MR) is 82.9 cm³/mol. The lowest BCUT2D eigenvalue weighted by Crippen LogP contribution is -2.15. The first kappa shape index (κ1) is 15.0. The number of carbonyl (C=O) groups excluding carboxylic acids is 1. The number of halogens is 4. The first-order valence-corrected chi connectivity index (χ1v) is 6.85. The molecular formula is C13H8ClF2IN2O. The lowest BCUT2D eigenvalue weighted by Gasteiger charge is -2.09. The number of amides is 1. The van der Waals surface area contributed by atoms with E-state index in [0.717, 1.165) is 6.07 Å². The highest BCUT2D eigenvalue weighted by Crippen LogP contribution is 2.24. The van der Waals surface area contributed by atoms with Crippen LogP contribution in [-0.4, -0.2) is 5.91 Å². The molecule has 0 heterocycles. The van der Waals surface area contributed by atoms with Crippen LogP contribution in [0.4, 0.5) is 20.2 Å². The number of hydrogen-bond acceptors (Lipinski definition) is 2. The molecule has 7 heteroatoms. The molecule has 0 fully saturated rings. The van der Waals surface area contributed by atoms with Gasteiger partial charge in [-0.3, -0.25) is 4.79 Å². The Morgan fingerprint density at radius 3 is 2.55 bits per heavy atom. The average molecular weight is 409 g/mol. The molecule has 0 saturated carbocycles. The van der Waals surface area contributed by atoms with Crippen LogP contribution in [0.1, 0.15) is 10.4 Å². The van der Waals surface area contributed by atoms with E-state index < -0.39 is 17.5 Å². The first-order valence-electron chi connectivity index (χ1n) is 5.39. The van der Waals surface area contributed by atoms with Crippen LogP contribution < -0.4 is 11.1 Å². The lowest BCUT2D eigenvalue weighted by molar-refractivity contribution is 0.102. The van der Waals surface area contributed by atoms with Crippen molar-refractivity contribution in [1.82, 2.24) is 0 Å². The molecule has 0 aliphatic carbocycles. The number of rotatable bonds is 2. The Balaban J connectivity index is 2.31. The van der Waals surface area contributed by atoms with Crippen molar-refractivity contribution in [3.8, 4) is 0 Å². The molecule has 0 radical (unpaired) electrons. The zero-order valence-corrected chi connectivity index (χ0v) is 12.8. The lowest BCUT2D eigenvalue weighted by atomic mass is 10.1. The van der Waals surface area contributed by atoms with Gasteiger partial charge in [0.05, 0.1) is 16.9 Å². The Kier molecular flexibility index (Phi) is 4.44. The smallest absolute Gasteiger partial charge is 0.258 e. The van der Waals surface area contributed by atoms with Crippen molar-refractivity contribution in [3.05, 3.63) is 56.1 Å². The SMILES string of the molecule is Nc1cc(C(=O)Nc2ccc(Cl)cc2I)c(F)cc1F. The molecule has 0 unspecified atom stereocenters. The normalized spacial score (nSPS) is 10.4. The summed E-state index contributed by atoms with van der Waals surface area (Å²) in [6.07, 6.45) is 0. The standard InChI is InChI=1S/C13H8ClF2IN2O/c14-6-1-2-12(10(17)3-6)19-13(20)7-4-11(18)9(16)5-8(7)15/h1-5H,18H2,(H,19,20). The number of nitrogens with one attached hydrogen (secondary N) is 1. The fourth-order valence-electron chi connectivity index (χ4n) is 1.52. The Morgan fingerprint density at radius 1 is 1.20 bits per heavy atom. The average Bonchev–Trinajstić information content (AvgIpc) is 2.37. The molecule has 2 aromatic rings. The van der Waals surface area contributed by atoms with Crippen LogP contribution in [0, 0.1) is 15.2 Å². The zero-order valence-electron chi connectivity index (χ0n) is 9.88. The van der Waals surface area contributed by atoms with Crippen molar-refractivity contribution in [2.24, 2.45) is 0 Å². The zero-order chi connectivity index (χ0) is 14.9. The second-order valence-corrected chi connectivity index (χ2v) is 5.53. The Morgan fingerprint density at radius 2 is 1.90 bits per heavy atom. The van der Waals surface area contributed by atoms with Crippen molar-refractivity contribution in [3.63, 3.8) is 0 Å². The van der Waals surface area contributed by atoms with E-state index in [1.165, 1.54) is 0 Å². The number of anilines is 2. The monoisotopic (exact) mass is 408 g/mol. The van der Waals surface area contributed by atoms with E-state index in [2.05, 4.69) is 5.32 Å². The van der Waals surface area contributed by atoms with Gasteiger partial charge >= 0.3 is 0 Å². The van der Waals surface area contributed by atoms with Crippen molar-refractivity contribution in [2.45, 2.75) is 0 Å². The number of nitrogens with two attached hydrogens (primary N) is 1. The van der Waals surface area contributed by atoms with Crippen molar-refractivity contribution in [1.29, 1.82) is 0 Å². The second kappa shape index (κ2) is 5.92. The summed E-state index contributed by atoms with van der Waals surface area (Å²) in [7, 11) is 0. The van der Waals surface area contributed by atoms with Gasteiger partial charge in [0.2, 0.25) is 0 Å². The summed E-state index contributed by atoms with van der Waals surface area (Å²) in [5.74, 6) is -2.59. The van der Waals surface area contributed by atoms with E-state index in [1.807, 2.05) is 22.6 Å². The summed E-state index contributed by atoms with van der Waals surface area (Å²) in [5, 5.41) is 3.04. The maximum atomic E-state index is 13.6. The van der Waals surface area contributed by atoms with E-state index in [0.29, 0.717) is 20.3 Å². The maximum Gasteiger partial charge on any atom is 0.258 e. The van der Waals surface area contributed by atoms with Gasteiger partial charge < -0.3 is 11.1 Å². The van der Waals surface area contributed by atoms with Gasteiger partial charge in [-0.2, -0.15) is 0 Å². The topological polar surface area (TPSA) is 55.1 Å². The number of nitrogen functional groups attached to an aromatic ring is 1. The third-order valence-corrected chi connectivity index (χ3v) is 3.64. The molecule has 2 aromatic carbocycles. The molecule has 0 aliphatic rings. The molecule has 0 aliphatic heterocycles. The van der Waals surface area contributed by atoms with Gasteiger partial charge in [-0.15, -0.1) is 0 Å². The van der Waals surface area contributed by atoms with E-state index >= 15 is 0 Å². The minimum absolute atomic E-state index is 0.289. The van der Waals surface area contributed by atoms with Gasteiger partial charge in [-0.1, -0.05) is 11.6 Å². The van der Waals surface area contributed by atoms with Gasteiger partial charge in [0.15, 0.2) is 0 Å². The summed E-state index contributed by atoms with van der Waals surface area (Å²) >= 11 is 7.78. The number of carbonyl (C=O) groups is 1. The Labute approximate surface area is 132 Å². The fourth-order valence-corrected chi connectivity index (χ4v) is 2.53. The van der Waals surface area contributed by atoms with Gasteiger partial charge in [0.25, 0.3) is 5.91 Å². The Bertz CT molecular complexity index is 694. The van der Waals surface area contributed by atoms with Gasteiger partial charge in [-0.25, -0.2) is 8.78 Å². The van der Waals surface area contributed by atoms with E-state index in [9.17, 15) is 13.6 Å². The molecular weight excluding hydrogens is 401 g/mol. The first-order chi connectivity index (χ1) is 9.38. The molecule has 0 saturated heterocycles. The molecule has 3 nitrogen and oxygen atoms in total. The van der Waals surface area contributed by atoms with Crippen LogP contribution in [0.3, 0.4) is 0 Å². The molecule has 20 heavy (non-hydrogen) atoms. The minimum Gasteiger partial charge on any atom is -0.396 e. The van der Waals surface area contributed by atoms with Gasteiger partial charge in [0.1, 0.15) is 11.6 Å². The molecule has 0 spiro atoms. The summed E-state index contributed by atoms with van der Waals surface area (Å²) in [4.78, 5) is 12.0. The van der Waals surface area contributed by atoms with Crippen LogP contribution in [0.5, 0.6) is 0 Å². The predicted octanol–water partition coefficient (Wildman–Crippen LogP) is 4.06. The maximum absolute atomic E-state index is 13.6. The molecule has 104 valence electrons. The summed E-state index contributed by atoms with van der Waals surface area (Å²) < 4.78 is 27.3. The Hall–Kier alpha value is -1.41. The summed E-state index contributed by atoms with van der Waals surface area (Å²) in [6.45, 7) is 0. The van der Waals surface area contributed by atoms with E-state index in [4.69, 9.17) is 17.3 Å². The quantitative estimate of drug-likeness (QED) is 0.582. The van der Waals surface area contributed by atoms with Gasteiger partial charge in [-0.05, 0) is 46.9 Å². The highest BCUT2D eigenvalue weighted by molar-refractivity contribution is 14.1. The van der Waals surface area contributed by atoms with Crippen LogP contribution >= 0.6 is 34.2 Å². The van der Waals surface area contributed by atoms with E-state index in [1.54, 1.807) is 18.2 Å².